The molecule has 1 saturated carbocycles. The topological polar surface area (TPSA) is 103 Å². The molecule has 1 saturated heterocycles. The fourth-order valence-corrected chi connectivity index (χ4v) is 8.37. The average Bonchev–Trinajstić information content (AvgIpc) is 3.90. The minimum Gasteiger partial charge on any atom is -0.454 e. The summed E-state index contributed by atoms with van der Waals surface area (Å²) < 4.78 is 11.5. The molecule has 1 aliphatic heterocycles. The molecule has 0 bridgehead atoms. The van der Waals surface area contributed by atoms with Crippen molar-refractivity contribution < 1.29 is 34.0 Å². The summed E-state index contributed by atoms with van der Waals surface area (Å²) in [4.78, 5) is 51.6. The fourth-order valence-electron chi connectivity index (χ4n) is 8.37. The normalized spacial score (nSPS) is 25.6. The number of quaternary nitrogens is 1. The van der Waals surface area contributed by atoms with Crippen LogP contribution < -0.4 is 5.32 Å². The molecule has 3 aliphatic carbocycles. The number of ether oxygens (including phenoxy) is 2. The summed E-state index contributed by atoms with van der Waals surface area (Å²) >= 11 is 0. The Labute approximate surface area is 348 Å². The van der Waals surface area contributed by atoms with Crippen molar-refractivity contribution in [3.8, 4) is 0 Å². The average molecular weight is 791 g/mol. The number of rotatable bonds is 14. The molecule has 2 N–H and O–H groups in total. The smallest absolute Gasteiger partial charge is 0.365 e. The second kappa shape index (κ2) is 20.9. The van der Waals surface area contributed by atoms with E-state index in [9.17, 15) is 19.2 Å². The van der Waals surface area contributed by atoms with E-state index in [0.29, 0.717) is 24.0 Å². The number of Topliss-reactive ketones (excluding diaryl/α,β-unsaturated/α-hetero) is 2. The van der Waals surface area contributed by atoms with E-state index in [1.54, 1.807) is 0 Å². The summed E-state index contributed by atoms with van der Waals surface area (Å²) in [7, 11) is 0. The SMILES string of the molecule is CC1=C(/C=C/C(C)=C/C=C/C(C)=C/C=C/C=C(C)/C=C/C=C(C)/C=C/C2=C(C)C(=O)C(OC(=O)C3CCC[NH2+]3)CC2(C)C)C(C)(C)CC(OC(=O)C2CCCC2)C1=O. The monoisotopic (exact) mass is 791 g/mol. The molecule has 3 unspecified atom stereocenters. The Morgan fingerprint density at radius 3 is 1.43 bits per heavy atom. The zero-order chi connectivity index (χ0) is 42.6. The van der Waals surface area contributed by atoms with E-state index in [1.807, 2.05) is 87.7 Å². The maximum atomic E-state index is 13.2. The van der Waals surface area contributed by atoms with Gasteiger partial charge < -0.3 is 14.8 Å². The van der Waals surface area contributed by atoms with Crippen molar-refractivity contribution >= 4 is 23.5 Å². The number of hydrogen-bond acceptors (Lipinski definition) is 6. The van der Waals surface area contributed by atoms with Gasteiger partial charge in [0, 0.05) is 25.7 Å². The molecule has 58 heavy (non-hydrogen) atoms. The highest BCUT2D eigenvalue weighted by atomic mass is 16.6. The zero-order valence-electron chi connectivity index (χ0n) is 36.8. The van der Waals surface area contributed by atoms with E-state index in [4.69, 9.17) is 9.47 Å². The molecule has 0 radical (unpaired) electrons. The third-order valence-electron chi connectivity index (χ3n) is 12.0. The van der Waals surface area contributed by atoms with Gasteiger partial charge >= 0.3 is 11.9 Å². The van der Waals surface area contributed by atoms with Crippen molar-refractivity contribution in [3.05, 3.63) is 130 Å². The van der Waals surface area contributed by atoms with Crippen LogP contribution in [0.3, 0.4) is 0 Å². The van der Waals surface area contributed by atoms with E-state index in [1.165, 1.54) is 0 Å². The number of nitrogens with two attached hydrogens (primary N) is 1. The number of carbonyl (C=O) groups is 4. The summed E-state index contributed by atoms with van der Waals surface area (Å²) in [5.41, 5.74) is 7.06. The molecule has 4 aliphatic rings. The number of carbonyl (C=O) groups excluding carboxylic acids is 4. The lowest BCUT2D eigenvalue weighted by atomic mass is 9.71. The van der Waals surface area contributed by atoms with Crippen LogP contribution in [0.1, 0.15) is 121 Å². The van der Waals surface area contributed by atoms with Crippen LogP contribution >= 0.6 is 0 Å². The molecule has 7 heteroatoms. The summed E-state index contributed by atoms with van der Waals surface area (Å²) in [6.07, 6.45) is 33.8. The predicted octanol–water partition coefficient (Wildman–Crippen LogP) is 9.92. The van der Waals surface area contributed by atoms with Crippen molar-refractivity contribution in [1.82, 2.24) is 0 Å². The van der Waals surface area contributed by atoms with Gasteiger partial charge in [-0.05, 0) is 87.5 Å². The highest BCUT2D eigenvalue weighted by Crippen LogP contribution is 2.42. The van der Waals surface area contributed by atoms with Crippen LogP contribution in [0.25, 0.3) is 0 Å². The molecule has 1 heterocycles. The first kappa shape index (κ1) is 46.1. The number of esters is 2. The Hall–Kier alpha value is -4.62. The van der Waals surface area contributed by atoms with Crippen LogP contribution in [-0.2, 0) is 28.7 Å². The third-order valence-corrected chi connectivity index (χ3v) is 12.0. The predicted molar refractivity (Wildman–Crippen MR) is 234 cm³/mol. The maximum Gasteiger partial charge on any atom is 0.365 e. The van der Waals surface area contributed by atoms with Crippen LogP contribution in [0.2, 0.25) is 0 Å². The lowest BCUT2D eigenvalue weighted by Gasteiger charge is -2.36. The molecule has 0 spiro atoms. The molecular weight excluding hydrogens is 723 g/mol. The lowest BCUT2D eigenvalue weighted by molar-refractivity contribution is -0.659. The molecule has 0 aromatic carbocycles. The van der Waals surface area contributed by atoms with Gasteiger partial charge in [-0.25, -0.2) is 4.79 Å². The molecule has 3 atom stereocenters. The first-order valence-electron chi connectivity index (χ1n) is 21.2. The van der Waals surface area contributed by atoms with E-state index in [0.717, 1.165) is 78.5 Å². The van der Waals surface area contributed by atoms with Crippen molar-refractivity contribution in [2.75, 3.05) is 6.54 Å². The van der Waals surface area contributed by atoms with Crippen molar-refractivity contribution in [2.45, 2.75) is 139 Å². The van der Waals surface area contributed by atoms with Crippen LogP contribution in [0.4, 0.5) is 0 Å². The Morgan fingerprint density at radius 1 is 0.586 bits per heavy atom. The molecule has 0 aromatic rings. The second-order valence-electron chi connectivity index (χ2n) is 18.0. The number of ketones is 2. The van der Waals surface area contributed by atoms with Gasteiger partial charge in [0.15, 0.2) is 29.8 Å². The third kappa shape index (κ3) is 12.9. The van der Waals surface area contributed by atoms with Gasteiger partial charge in [0.05, 0.1) is 12.5 Å². The number of allylic oxidation sites excluding steroid dienone is 20. The van der Waals surface area contributed by atoms with Gasteiger partial charge in [-0.1, -0.05) is 148 Å². The summed E-state index contributed by atoms with van der Waals surface area (Å²) in [6, 6.07) is -0.185. The van der Waals surface area contributed by atoms with Crippen LogP contribution in [0.5, 0.6) is 0 Å². The Morgan fingerprint density at radius 2 is 1.00 bits per heavy atom. The fraction of sp³-hybridized carbons (Fsp3) is 0.490. The quantitative estimate of drug-likeness (QED) is 0.139. The summed E-state index contributed by atoms with van der Waals surface area (Å²) in [5, 5.41) is 2.01. The van der Waals surface area contributed by atoms with E-state index in [-0.39, 0.29) is 46.3 Å². The van der Waals surface area contributed by atoms with Crippen molar-refractivity contribution in [1.29, 1.82) is 0 Å². The van der Waals surface area contributed by atoms with Gasteiger partial charge in [0.25, 0.3) is 0 Å². The van der Waals surface area contributed by atoms with Crippen LogP contribution in [0, 0.1) is 16.7 Å². The van der Waals surface area contributed by atoms with E-state index >= 15 is 0 Å². The standard InChI is InChI=1S/C51H67NO6/c1-34(20-15-22-36(3)27-29-41-38(5)46(53)44(32-50(41,7)8)57-48(55)40-24-13-14-25-40)18-11-12-19-35(2)21-16-23-37(4)28-30-42-39(6)47(54)45(33-51(42,9)10)58-49(56)43-26-17-31-52-43/h11-12,15-16,18-23,27-30,40,43-45,52H,13-14,17,24-26,31-33H2,1-10H3/p+1/b12-11+,20-15+,21-16+,29-27+,30-28+,34-18+,35-19+,36-22+,37-23+. The first-order valence-corrected chi connectivity index (χ1v) is 21.2. The highest BCUT2D eigenvalue weighted by Gasteiger charge is 2.42. The molecule has 4 rings (SSSR count). The van der Waals surface area contributed by atoms with E-state index < -0.39 is 12.2 Å². The molecular formula is C51H68NO6+. The minimum atomic E-state index is -0.720. The van der Waals surface area contributed by atoms with Gasteiger partial charge in [-0.15, -0.1) is 0 Å². The van der Waals surface area contributed by atoms with Crippen LogP contribution in [0.15, 0.2) is 130 Å². The Kier molecular flexibility index (Phi) is 16.6. The summed E-state index contributed by atoms with van der Waals surface area (Å²) in [6.45, 7) is 21.2. The largest absolute Gasteiger partial charge is 0.454 e. The van der Waals surface area contributed by atoms with Gasteiger partial charge in [-0.3, -0.25) is 14.4 Å². The molecule has 0 amide bonds. The van der Waals surface area contributed by atoms with Gasteiger partial charge in [0.1, 0.15) is 0 Å². The van der Waals surface area contributed by atoms with Crippen molar-refractivity contribution in [3.63, 3.8) is 0 Å². The maximum absolute atomic E-state index is 13.2. The first-order chi connectivity index (χ1) is 27.4. The minimum absolute atomic E-state index is 0.0601. The van der Waals surface area contributed by atoms with Gasteiger partial charge in [0.2, 0.25) is 0 Å². The molecule has 2 fully saturated rings. The molecule has 7 nitrogen and oxygen atoms in total. The molecule has 0 aromatic heterocycles. The van der Waals surface area contributed by atoms with Crippen molar-refractivity contribution in [2.24, 2.45) is 16.7 Å². The highest BCUT2D eigenvalue weighted by molar-refractivity contribution is 6.02. The molecule has 312 valence electrons. The summed E-state index contributed by atoms with van der Waals surface area (Å²) in [5.74, 6) is -0.718. The van der Waals surface area contributed by atoms with E-state index in [2.05, 4.69) is 71.9 Å². The van der Waals surface area contributed by atoms with Crippen LogP contribution in [-0.4, -0.2) is 48.3 Å². The Bertz CT molecular complexity index is 1780. The lowest BCUT2D eigenvalue weighted by Crippen LogP contribution is -2.88. The zero-order valence-corrected chi connectivity index (χ0v) is 36.8. The number of hydrogen-bond donors (Lipinski definition) is 1. The Balaban J connectivity index is 1.27. The second-order valence-corrected chi connectivity index (χ2v) is 18.0. The van der Waals surface area contributed by atoms with Gasteiger partial charge in [-0.2, -0.15) is 0 Å².